The molecule has 12 nitrogen and oxygen atoms in total. The van der Waals surface area contributed by atoms with Crippen molar-refractivity contribution >= 4 is 66.1 Å². The number of piperazine rings is 1. The van der Waals surface area contributed by atoms with E-state index in [1.165, 1.54) is 0 Å². The number of carbonyl (C=O) groups is 1. The first-order valence-corrected chi connectivity index (χ1v) is 22.4. The standard InChI is InChI=1S/C43H50ClFN8O4S/c1-42(2,3)57-41(54)52-26-10-11-27(52)22-50(21-26)38-35-28-12-14-46-36(37(28)58-39(35)49-40(48-38)56-23-43-13-6-15-51(43)20-25(45)18-43)34-29-19-47-53(32-7-4-5-16-55-32)31(29)17-30(44)33(34)24-8-9-24/h12,14,17,19,24-27,32H,4-11,13,15-16,18,20-23H2,1-3H3/t25-,26-,27+,32?,43+/m1/s1. The molecule has 11 rings (SSSR count). The Morgan fingerprint density at radius 1 is 1.07 bits per heavy atom. The molecule has 1 saturated carbocycles. The number of carbonyl (C=O) groups excluding carboxylic acids is 1. The number of ether oxygens (including phenoxy) is 3. The molecule has 9 heterocycles. The highest BCUT2D eigenvalue weighted by molar-refractivity contribution is 7.26. The first kappa shape index (κ1) is 37.2. The molecule has 58 heavy (non-hydrogen) atoms. The van der Waals surface area contributed by atoms with Gasteiger partial charge in [0.15, 0.2) is 6.23 Å². The summed E-state index contributed by atoms with van der Waals surface area (Å²) < 4.78 is 36.5. The average Bonchev–Trinajstić information content (AvgIpc) is 3.40. The van der Waals surface area contributed by atoms with Crippen molar-refractivity contribution in [2.24, 2.45) is 0 Å². The van der Waals surface area contributed by atoms with E-state index < -0.39 is 11.8 Å². The Morgan fingerprint density at radius 2 is 1.90 bits per heavy atom. The van der Waals surface area contributed by atoms with E-state index in [1.807, 2.05) is 42.7 Å². The summed E-state index contributed by atoms with van der Waals surface area (Å²) in [6, 6.07) is 4.42. The molecular weight excluding hydrogens is 779 g/mol. The van der Waals surface area contributed by atoms with Gasteiger partial charge in [-0.05, 0) is 109 Å². The summed E-state index contributed by atoms with van der Waals surface area (Å²) in [6.07, 6.45) is 12.0. The number of hydrogen-bond acceptors (Lipinski definition) is 11. The van der Waals surface area contributed by atoms with Crippen molar-refractivity contribution in [3.63, 3.8) is 0 Å². The Hall–Kier alpha value is -3.85. The quantitative estimate of drug-likeness (QED) is 0.158. The van der Waals surface area contributed by atoms with Crippen LogP contribution in [0.15, 0.2) is 24.5 Å². The molecule has 0 spiro atoms. The van der Waals surface area contributed by atoms with Crippen LogP contribution in [0.5, 0.6) is 6.01 Å². The number of nitrogens with zero attached hydrogens (tertiary/aromatic N) is 8. The summed E-state index contributed by atoms with van der Waals surface area (Å²) in [4.78, 5) is 36.3. The maximum absolute atomic E-state index is 14.8. The Labute approximate surface area is 346 Å². The van der Waals surface area contributed by atoms with Crippen molar-refractivity contribution in [2.45, 2.75) is 127 Å². The van der Waals surface area contributed by atoms with Crippen LogP contribution in [0, 0.1) is 0 Å². The number of fused-ring (bicyclic) bond motifs is 7. The van der Waals surface area contributed by atoms with Crippen LogP contribution >= 0.6 is 22.9 Å². The second kappa shape index (κ2) is 13.9. The number of aromatic nitrogens is 5. The van der Waals surface area contributed by atoms with Gasteiger partial charge in [0, 0.05) is 60.2 Å². The molecule has 6 fully saturated rings. The fraction of sp³-hybridized carbons (Fsp3) is 0.605. The number of benzene rings is 1. The molecule has 5 aliphatic heterocycles. The van der Waals surface area contributed by atoms with Gasteiger partial charge in [-0.2, -0.15) is 15.1 Å². The van der Waals surface area contributed by atoms with E-state index >= 15 is 0 Å². The Bertz CT molecular complexity index is 2430. The van der Waals surface area contributed by atoms with E-state index in [9.17, 15) is 9.18 Å². The summed E-state index contributed by atoms with van der Waals surface area (Å²) in [5.74, 6) is 1.15. The maximum Gasteiger partial charge on any atom is 0.410 e. The summed E-state index contributed by atoms with van der Waals surface area (Å²) in [6.45, 7) is 9.37. The molecule has 2 bridgehead atoms. The lowest BCUT2D eigenvalue weighted by atomic mass is 9.95. The normalized spacial score (nSPS) is 27.7. The highest BCUT2D eigenvalue weighted by Gasteiger charge is 2.50. The van der Waals surface area contributed by atoms with E-state index in [2.05, 4.69) is 21.9 Å². The van der Waals surface area contributed by atoms with Crippen molar-refractivity contribution < 1.29 is 23.4 Å². The first-order valence-electron chi connectivity index (χ1n) is 21.2. The van der Waals surface area contributed by atoms with Crippen molar-refractivity contribution in [3.05, 3.63) is 35.1 Å². The third kappa shape index (κ3) is 6.22. The monoisotopic (exact) mass is 828 g/mol. The Morgan fingerprint density at radius 3 is 2.66 bits per heavy atom. The minimum absolute atomic E-state index is 0.0125. The van der Waals surface area contributed by atoms with E-state index in [1.54, 1.807) is 11.3 Å². The molecule has 4 aromatic heterocycles. The molecule has 5 saturated heterocycles. The van der Waals surface area contributed by atoms with Crippen molar-refractivity contribution in [1.82, 2.24) is 34.5 Å². The Balaban J connectivity index is 1.04. The molecule has 1 amide bonds. The van der Waals surface area contributed by atoms with Crippen LogP contribution in [-0.2, 0) is 9.47 Å². The van der Waals surface area contributed by atoms with E-state index in [0.717, 1.165) is 130 Å². The molecule has 1 unspecified atom stereocenters. The zero-order valence-corrected chi connectivity index (χ0v) is 35.0. The lowest BCUT2D eigenvalue weighted by molar-refractivity contribution is -0.0366. The highest BCUT2D eigenvalue weighted by atomic mass is 35.5. The van der Waals surface area contributed by atoms with Crippen molar-refractivity contribution in [3.8, 4) is 17.3 Å². The summed E-state index contributed by atoms with van der Waals surface area (Å²) in [7, 11) is 0. The van der Waals surface area contributed by atoms with Crippen LogP contribution in [0.4, 0.5) is 15.0 Å². The van der Waals surface area contributed by atoms with Gasteiger partial charge in [-0.25, -0.2) is 13.9 Å². The molecule has 1 aliphatic carbocycles. The van der Waals surface area contributed by atoms with E-state index in [4.69, 9.17) is 45.9 Å². The molecule has 1 aromatic carbocycles. The van der Waals surface area contributed by atoms with Gasteiger partial charge in [-0.3, -0.25) is 14.8 Å². The van der Waals surface area contributed by atoms with Crippen molar-refractivity contribution in [1.29, 1.82) is 0 Å². The van der Waals surface area contributed by atoms with Gasteiger partial charge < -0.3 is 19.1 Å². The molecule has 5 atom stereocenters. The Kier molecular flexibility index (Phi) is 8.88. The molecule has 6 aliphatic rings. The van der Waals surface area contributed by atoms with Crippen LogP contribution < -0.4 is 9.64 Å². The van der Waals surface area contributed by atoms with Gasteiger partial charge in [0.2, 0.25) is 0 Å². The molecule has 306 valence electrons. The molecule has 0 N–H and O–H groups in total. The van der Waals surface area contributed by atoms with Crippen LogP contribution in [0.3, 0.4) is 0 Å². The lowest BCUT2D eigenvalue weighted by Gasteiger charge is -2.42. The van der Waals surface area contributed by atoms with Crippen LogP contribution in [0.25, 0.3) is 42.5 Å². The number of pyridine rings is 1. The number of thiophene rings is 1. The minimum atomic E-state index is -0.853. The number of halogens is 2. The maximum atomic E-state index is 14.8. The van der Waals surface area contributed by atoms with Crippen LogP contribution in [0.2, 0.25) is 5.02 Å². The zero-order valence-electron chi connectivity index (χ0n) is 33.4. The van der Waals surface area contributed by atoms with E-state index in [0.29, 0.717) is 44.6 Å². The fourth-order valence-electron chi connectivity index (χ4n) is 10.7. The van der Waals surface area contributed by atoms with Gasteiger partial charge in [-0.15, -0.1) is 11.3 Å². The van der Waals surface area contributed by atoms with Crippen LogP contribution in [0.1, 0.15) is 103 Å². The highest BCUT2D eigenvalue weighted by Crippen LogP contribution is 2.53. The van der Waals surface area contributed by atoms with Gasteiger partial charge in [0.05, 0.1) is 45.1 Å². The van der Waals surface area contributed by atoms with Gasteiger partial charge in [0.1, 0.15) is 29.0 Å². The van der Waals surface area contributed by atoms with Gasteiger partial charge >= 0.3 is 12.1 Å². The third-order valence-corrected chi connectivity index (χ3v) is 14.8. The number of amides is 1. The molecule has 5 aromatic rings. The topological polar surface area (TPSA) is 111 Å². The second-order valence-electron chi connectivity index (χ2n) is 18.5. The minimum Gasteiger partial charge on any atom is -0.461 e. The SMILES string of the molecule is CC(C)(C)OC(=O)N1[C@@H]2CC[C@H]1CN(c1nc(OC[C@@]34CCCN3C[C@H](F)C4)nc3sc4c(-c5c(C6CC6)c(Cl)cc6c5cnn6C5CCCCO5)nccc4c13)C2. The van der Waals surface area contributed by atoms with E-state index in [-0.39, 0.29) is 29.9 Å². The molecular formula is C43H50ClFN8O4S. The van der Waals surface area contributed by atoms with Gasteiger partial charge in [-0.1, -0.05) is 11.6 Å². The number of hydrogen-bond donors (Lipinski definition) is 0. The van der Waals surface area contributed by atoms with Gasteiger partial charge in [0.25, 0.3) is 0 Å². The second-order valence-corrected chi connectivity index (χ2v) is 19.9. The third-order valence-electron chi connectivity index (χ3n) is 13.4. The fourth-order valence-corrected chi connectivity index (χ4v) is 12.2. The first-order chi connectivity index (χ1) is 28.0. The van der Waals surface area contributed by atoms with Crippen molar-refractivity contribution in [2.75, 3.05) is 44.3 Å². The number of alkyl halides is 1. The summed E-state index contributed by atoms with van der Waals surface area (Å²) >= 11 is 8.86. The number of rotatable bonds is 7. The largest absolute Gasteiger partial charge is 0.461 e. The summed E-state index contributed by atoms with van der Waals surface area (Å²) in [5, 5.41) is 8.63. The molecule has 15 heteroatoms. The predicted octanol–water partition coefficient (Wildman–Crippen LogP) is 9.03. The summed E-state index contributed by atoms with van der Waals surface area (Å²) in [5.41, 5.74) is 3.06. The smallest absolute Gasteiger partial charge is 0.410 e. The predicted molar refractivity (Wildman–Crippen MR) is 223 cm³/mol. The molecule has 0 radical (unpaired) electrons. The lowest BCUT2D eigenvalue weighted by Crippen LogP contribution is -2.57. The zero-order chi connectivity index (χ0) is 39.5. The average molecular weight is 829 g/mol. The van der Waals surface area contributed by atoms with Crippen LogP contribution in [-0.4, -0.2) is 109 Å². The number of anilines is 1.